The second-order valence-electron chi connectivity index (χ2n) is 4.17. The molecule has 1 fully saturated rings. The fraction of sp³-hybridized carbons (Fsp3) is 0.818. The summed E-state index contributed by atoms with van der Waals surface area (Å²) in [4.78, 5) is 21.7. The number of carbonyl (C=O) groups is 2. The summed E-state index contributed by atoms with van der Waals surface area (Å²) >= 11 is 0. The maximum absolute atomic E-state index is 10.8. The lowest BCUT2D eigenvalue weighted by Crippen LogP contribution is -2.27. The maximum Gasteiger partial charge on any atom is 0.448 e. The number of rotatable bonds is 9. The first-order valence-corrected chi connectivity index (χ1v) is 7.87. The van der Waals surface area contributed by atoms with Gasteiger partial charge in [0.2, 0.25) is 0 Å². The molecule has 18 heavy (non-hydrogen) atoms. The Kier molecular flexibility index (Phi) is 6.92. The van der Waals surface area contributed by atoms with Crippen LogP contribution >= 0.6 is 0 Å². The third-order valence-electron chi connectivity index (χ3n) is 2.28. The molecular formula is C11H20O6Si. The Bertz CT molecular complexity index is 263. The Morgan fingerprint density at radius 3 is 2.33 bits per heavy atom. The van der Waals surface area contributed by atoms with E-state index in [-0.39, 0.29) is 6.10 Å². The topological polar surface area (TPSA) is 74.4 Å². The smallest absolute Gasteiger partial charge is 0.448 e. The highest BCUT2D eigenvalue weighted by Gasteiger charge is 2.22. The molecule has 0 N–H and O–H groups in total. The Labute approximate surface area is 108 Å². The molecule has 7 heteroatoms. The normalized spacial score (nSPS) is 17.6. The number of ether oxygens (including phenoxy) is 2. The Morgan fingerprint density at radius 1 is 1.22 bits per heavy atom. The number of carbonyl (C=O) groups excluding carboxylic acids is 2. The number of hydrogen-bond acceptors (Lipinski definition) is 6. The van der Waals surface area contributed by atoms with E-state index in [2.05, 4.69) is 0 Å². The van der Waals surface area contributed by atoms with E-state index in [9.17, 15) is 9.59 Å². The number of unbranched alkanes of at least 4 members (excludes halogenated alkanes) is 1. The highest BCUT2D eigenvalue weighted by molar-refractivity contribution is 6.48. The molecule has 1 atom stereocenters. The molecule has 1 rings (SSSR count). The van der Waals surface area contributed by atoms with Crippen molar-refractivity contribution in [3.8, 4) is 0 Å². The average molecular weight is 276 g/mol. The first-order valence-electron chi connectivity index (χ1n) is 6.11. The summed E-state index contributed by atoms with van der Waals surface area (Å²) in [6, 6.07) is 0.627. The first-order chi connectivity index (χ1) is 8.58. The van der Waals surface area contributed by atoms with Crippen LogP contribution < -0.4 is 0 Å². The highest BCUT2D eigenvalue weighted by atomic mass is 28.3. The SMILES string of the molecule is CC(=O)O[SiH](CCCCOCC1CO1)OC(C)=O. The maximum atomic E-state index is 10.8. The summed E-state index contributed by atoms with van der Waals surface area (Å²) in [5.74, 6) is -0.787. The molecular weight excluding hydrogens is 256 g/mol. The molecule has 6 nitrogen and oxygen atoms in total. The van der Waals surface area contributed by atoms with Crippen molar-refractivity contribution in [2.75, 3.05) is 19.8 Å². The summed E-state index contributed by atoms with van der Waals surface area (Å²) in [5.41, 5.74) is 0. The van der Waals surface area contributed by atoms with Gasteiger partial charge in [-0.25, -0.2) is 0 Å². The standard InChI is InChI=1S/C11H20O6Si/c1-9(12)16-18(17-10(2)13)6-4-3-5-14-7-11-8-15-11/h11,18H,3-8H2,1-2H3. The molecule has 0 radical (unpaired) electrons. The molecule has 1 saturated heterocycles. The van der Waals surface area contributed by atoms with Crippen molar-refractivity contribution < 1.29 is 27.9 Å². The molecule has 0 aliphatic carbocycles. The van der Waals surface area contributed by atoms with E-state index in [1.807, 2.05) is 0 Å². The number of hydrogen-bond donors (Lipinski definition) is 0. The molecule has 0 aromatic heterocycles. The van der Waals surface area contributed by atoms with Gasteiger partial charge < -0.3 is 18.3 Å². The minimum atomic E-state index is -2.19. The van der Waals surface area contributed by atoms with Crippen LogP contribution in [0.4, 0.5) is 0 Å². The summed E-state index contributed by atoms with van der Waals surface area (Å²) in [6.07, 6.45) is 1.97. The molecule has 104 valence electrons. The fourth-order valence-electron chi connectivity index (χ4n) is 1.41. The van der Waals surface area contributed by atoms with Crippen LogP contribution in [0.25, 0.3) is 0 Å². The summed E-state index contributed by atoms with van der Waals surface area (Å²) in [5, 5.41) is 0. The Hall–Kier alpha value is -0.923. The molecule has 0 bridgehead atoms. The van der Waals surface area contributed by atoms with E-state index < -0.39 is 21.2 Å². The van der Waals surface area contributed by atoms with Crippen LogP contribution in [-0.2, 0) is 27.9 Å². The second kappa shape index (κ2) is 8.23. The molecule has 1 aliphatic heterocycles. The zero-order chi connectivity index (χ0) is 13.4. The van der Waals surface area contributed by atoms with Crippen LogP contribution in [-0.4, -0.2) is 47.1 Å². The van der Waals surface area contributed by atoms with Crippen molar-refractivity contribution in [1.29, 1.82) is 0 Å². The van der Waals surface area contributed by atoms with Gasteiger partial charge in [0.15, 0.2) is 0 Å². The van der Waals surface area contributed by atoms with E-state index in [1.165, 1.54) is 13.8 Å². The fourth-order valence-corrected chi connectivity index (χ4v) is 3.05. The molecule has 0 saturated carbocycles. The predicted molar refractivity (Wildman–Crippen MR) is 65.3 cm³/mol. The van der Waals surface area contributed by atoms with Gasteiger partial charge in [-0.15, -0.1) is 0 Å². The van der Waals surface area contributed by atoms with Gasteiger partial charge in [-0.1, -0.05) is 0 Å². The van der Waals surface area contributed by atoms with Gasteiger partial charge in [-0.2, -0.15) is 0 Å². The van der Waals surface area contributed by atoms with E-state index in [0.717, 1.165) is 19.4 Å². The van der Waals surface area contributed by atoms with Gasteiger partial charge >= 0.3 is 9.28 Å². The third kappa shape index (κ3) is 8.21. The second-order valence-corrected chi connectivity index (χ2v) is 6.08. The summed E-state index contributed by atoms with van der Waals surface area (Å²) in [6.45, 7) is 4.74. The third-order valence-corrected chi connectivity index (χ3v) is 4.35. The van der Waals surface area contributed by atoms with E-state index in [4.69, 9.17) is 18.3 Å². The zero-order valence-electron chi connectivity index (χ0n) is 10.8. The minimum absolute atomic E-state index is 0.286. The molecule has 0 spiro atoms. The van der Waals surface area contributed by atoms with Gasteiger partial charge in [0.25, 0.3) is 11.9 Å². The first kappa shape index (κ1) is 15.1. The zero-order valence-corrected chi connectivity index (χ0v) is 12.0. The van der Waals surface area contributed by atoms with Crippen molar-refractivity contribution >= 4 is 21.2 Å². The van der Waals surface area contributed by atoms with E-state index in [1.54, 1.807) is 0 Å². The molecule has 0 aromatic rings. The lowest BCUT2D eigenvalue weighted by Gasteiger charge is -2.14. The lowest BCUT2D eigenvalue weighted by molar-refractivity contribution is -0.137. The lowest BCUT2D eigenvalue weighted by atomic mass is 10.3. The summed E-state index contributed by atoms with van der Waals surface area (Å²) < 4.78 is 20.4. The quantitative estimate of drug-likeness (QED) is 0.347. The number of epoxide rings is 1. The van der Waals surface area contributed by atoms with Crippen molar-refractivity contribution in [3.63, 3.8) is 0 Å². The van der Waals surface area contributed by atoms with Crippen molar-refractivity contribution in [3.05, 3.63) is 0 Å². The van der Waals surface area contributed by atoms with Crippen molar-refractivity contribution in [2.45, 2.75) is 38.8 Å². The monoisotopic (exact) mass is 276 g/mol. The van der Waals surface area contributed by atoms with Crippen molar-refractivity contribution in [2.24, 2.45) is 0 Å². The van der Waals surface area contributed by atoms with Gasteiger partial charge in [0.05, 0.1) is 13.2 Å². The van der Waals surface area contributed by atoms with Gasteiger partial charge in [-0.3, -0.25) is 9.59 Å². The van der Waals surface area contributed by atoms with Crippen molar-refractivity contribution in [1.82, 2.24) is 0 Å². The largest absolute Gasteiger partial charge is 0.487 e. The van der Waals surface area contributed by atoms with E-state index in [0.29, 0.717) is 19.3 Å². The van der Waals surface area contributed by atoms with Crippen LogP contribution in [0.5, 0.6) is 0 Å². The van der Waals surface area contributed by atoms with Crippen LogP contribution in [0.2, 0.25) is 6.04 Å². The average Bonchev–Trinajstić information content (AvgIpc) is 3.05. The van der Waals surface area contributed by atoms with Crippen LogP contribution in [0.15, 0.2) is 0 Å². The van der Waals surface area contributed by atoms with E-state index >= 15 is 0 Å². The van der Waals surface area contributed by atoms with Gasteiger partial charge in [0.1, 0.15) is 6.10 Å². The molecule has 0 aromatic carbocycles. The Morgan fingerprint density at radius 2 is 1.83 bits per heavy atom. The highest BCUT2D eigenvalue weighted by Crippen LogP contribution is 2.10. The predicted octanol–water partition coefficient (Wildman–Crippen LogP) is 0.529. The molecule has 1 aliphatic rings. The molecule has 0 amide bonds. The summed E-state index contributed by atoms with van der Waals surface area (Å²) in [7, 11) is -2.19. The molecule has 1 heterocycles. The molecule has 1 unspecified atom stereocenters. The van der Waals surface area contributed by atoms with Gasteiger partial charge in [-0.05, 0) is 12.8 Å². The van der Waals surface area contributed by atoms with Crippen LogP contribution in [0.3, 0.4) is 0 Å². The Balaban J connectivity index is 2.03. The van der Waals surface area contributed by atoms with Gasteiger partial charge in [0, 0.05) is 26.5 Å². The van der Waals surface area contributed by atoms with Crippen LogP contribution in [0.1, 0.15) is 26.7 Å². The minimum Gasteiger partial charge on any atom is -0.487 e. The van der Waals surface area contributed by atoms with Crippen LogP contribution in [0, 0.1) is 0 Å².